The number of para-hydroxylation sites is 2. The molecular formula is C23H21N3O4. The molecule has 2 aromatic carbocycles. The van der Waals surface area contributed by atoms with E-state index in [2.05, 4.69) is 10.6 Å². The number of anilines is 2. The molecule has 0 saturated carbocycles. The Hall–Kier alpha value is -3.74. The lowest BCUT2D eigenvalue weighted by molar-refractivity contribution is -0.142. The van der Waals surface area contributed by atoms with Crippen molar-refractivity contribution >= 4 is 35.0 Å². The van der Waals surface area contributed by atoms with Crippen molar-refractivity contribution in [3.05, 3.63) is 72.3 Å². The fourth-order valence-electron chi connectivity index (χ4n) is 3.87. The van der Waals surface area contributed by atoms with Crippen LogP contribution in [0.1, 0.15) is 23.2 Å². The second-order valence-electron chi connectivity index (χ2n) is 7.33. The van der Waals surface area contributed by atoms with Crippen molar-refractivity contribution < 1.29 is 19.2 Å². The van der Waals surface area contributed by atoms with Gasteiger partial charge in [-0.15, -0.1) is 0 Å². The summed E-state index contributed by atoms with van der Waals surface area (Å²) in [4.78, 5) is 51.4. The number of hydrogen-bond donors (Lipinski definition) is 2. The smallest absolute Gasteiger partial charge is 0.257 e. The fourth-order valence-corrected chi connectivity index (χ4v) is 3.87. The average Bonchev–Trinajstić information content (AvgIpc) is 3.00. The number of nitrogens with zero attached hydrogens (tertiary/aromatic N) is 1. The molecule has 152 valence electrons. The van der Waals surface area contributed by atoms with Crippen LogP contribution in [0.3, 0.4) is 0 Å². The summed E-state index contributed by atoms with van der Waals surface area (Å²) in [5, 5.41) is 5.44. The van der Waals surface area contributed by atoms with E-state index in [0.29, 0.717) is 24.2 Å². The third-order valence-electron chi connectivity index (χ3n) is 5.38. The number of carbonyl (C=O) groups is 4. The SMILES string of the molecule is O=C(CN1C(=O)C2CC=CCC2C1=O)Nc1ccccc1C(=O)Nc1ccccc1. The summed E-state index contributed by atoms with van der Waals surface area (Å²) in [6.45, 7) is -0.362. The highest BCUT2D eigenvalue weighted by Gasteiger charge is 2.47. The normalized spacial score (nSPS) is 20.1. The van der Waals surface area contributed by atoms with Crippen molar-refractivity contribution in [2.45, 2.75) is 12.8 Å². The highest BCUT2D eigenvalue weighted by molar-refractivity contribution is 6.12. The van der Waals surface area contributed by atoms with E-state index in [0.717, 1.165) is 4.90 Å². The third kappa shape index (κ3) is 3.87. The zero-order valence-electron chi connectivity index (χ0n) is 16.2. The van der Waals surface area contributed by atoms with E-state index in [4.69, 9.17) is 0 Å². The van der Waals surface area contributed by atoms with Crippen LogP contribution in [0.5, 0.6) is 0 Å². The van der Waals surface area contributed by atoms with Gasteiger partial charge in [-0.1, -0.05) is 42.5 Å². The van der Waals surface area contributed by atoms with Gasteiger partial charge in [-0.25, -0.2) is 0 Å². The lowest BCUT2D eigenvalue weighted by Gasteiger charge is -2.16. The minimum Gasteiger partial charge on any atom is -0.324 e. The highest BCUT2D eigenvalue weighted by Crippen LogP contribution is 2.34. The van der Waals surface area contributed by atoms with Gasteiger partial charge in [-0.2, -0.15) is 0 Å². The molecule has 0 spiro atoms. The Labute approximate surface area is 173 Å². The molecule has 4 rings (SSSR count). The summed E-state index contributed by atoms with van der Waals surface area (Å²) >= 11 is 0. The second-order valence-corrected chi connectivity index (χ2v) is 7.33. The van der Waals surface area contributed by atoms with Crippen LogP contribution in [0, 0.1) is 11.8 Å². The van der Waals surface area contributed by atoms with E-state index >= 15 is 0 Å². The first-order chi connectivity index (χ1) is 14.5. The first-order valence-corrected chi connectivity index (χ1v) is 9.80. The number of fused-ring (bicyclic) bond motifs is 1. The molecule has 2 unspecified atom stereocenters. The fraction of sp³-hybridized carbons (Fsp3) is 0.217. The number of likely N-dealkylation sites (tertiary alicyclic amines) is 1. The summed E-state index contributed by atoms with van der Waals surface area (Å²) < 4.78 is 0. The molecule has 0 bridgehead atoms. The molecule has 1 heterocycles. The molecule has 1 aliphatic heterocycles. The summed E-state index contributed by atoms with van der Waals surface area (Å²) in [6, 6.07) is 15.6. The quantitative estimate of drug-likeness (QED) is 0.593. The van der Waals surface area contributed by atoms with Crippen LogP contribution >= 0.6 is 0 Å². The van der Waals surface area contributed by atoms with Gasteiger partial charge in [-0.3, -0.25) is 24.1 Å². The Morgan fingerprint density at radius 3 is 2.10 bits per heavy atom. The second kappa shape index (κ2) is 8.32. The van der Waals surface area contributed by atoms with Gasteiger partial charge in [0.05, 0.1) is 23.1 Å². The van der Waals surface area contributed by atoms with Crippen molar-refractivity contribution in [2.24, 2.45) is 11.8 Å². The number of hydrogen-bond acceptors (Lipinski definition) is 4. The van der Waals surface area contributed by atoms with Gasteiger partial charge in [0, 0.05) is 5.69 Å². The monoisotopic (exact) mass is 403 g/mol. The van der Waals surface area contributed by atoms with Crippen LogP contribution in [0.25, 0.3) is 0 Å². The molecule has 2 atom stereocenters. The van der Waals surface area contributed by atoms with Crippen LogP contribution in [-0.4, -0.2) is 35.1 Å². The van der Waals surface area contributed by atoms with Crippen molar-refractivity contribution in [3.63, 3.8) is 0 Å². The van der Waals surface area contributed by atoms with E-state index in [9.17, 15) is 19.2 Å². The van der Waals surface area contributed by atoms with Crippen LogP contribution in [-0.2, 0) is 14.4 Å². The Balaban J connectivity index is 1.45. The predicted octanol–water partition coefficient (Wildman–Crippen LogP) is 2.83. The first kappa shape index (κ1) is 19.6. The van der Waals surface area contributed by atoms with Gasteiger partial charge >= 0.3 is 0 Å². The van der Waals surface area contributed by atoms with Crippen LogP contribution in [0.15, 0.2) is 66.7 Å². The molecule has 2 N–H and O–H groups in total. The number of carbonyl (C=O) groups excluding carboxylic acids is 4. The minimum atomic E-state index is -0.525. The Kier molecular flexibility index (Phi) is 5.43. The van der Waals surface area contributed by atoms with E-state index in [-0.39, 0.29) is 41.7 Å². The van der Waals surface area contributed by atoms with E-state index in [1.54, 1.807) is 48.5 Å². The van der Waals surface area contributed by atoms with Crippen molar-refractivity contribution in [3.8, 4) is 0 Å². The lowest BCUT2D eigenvalue weighted by Crippen LogP contribution is -2.38. The van der Waals surface area contributed by atoms with Crippen molar-refractivity contribution in [1.29, 1.82) is 0 Å². The Morgan fingerprint density at radius 2 is 1.43 bits per heavy atom. The number of amides is 4. The maximum Gasteiger partial charge on any atom is 0.257 e. The maximum atomic E-state index is 12.6. The standard InChI is InChI=1S/C23H21N3O4/c27-20(14-26-22(29)16-10-4-5-11-17(16)23(26)30)25-19-13-7-6-12-18(19)21(28)24-15-8-2-1-3-9-15/h1-9,12-13,16-17H,10-11,14H2,(H,24,28)(H,25,27). The zero-order valence-corrected chi connectivity index (χ0v) is 16.2. The molecule has 4 amide bonds. The summed E-state index contributed by atoms with van der Waals surface area (Å²) in [5.74, 6) is -2.26. The minimum absolute atomic E-state index is 0.284. The molecule has 7 nitrogen and oxygen atoms in total. The number of rotatable bonds is 5. The molecule has 2 aliphatic rings. The zero-order chi connectivity index (χ0) is 21.1. The van der Waals surface area contributed by atoms with Gasteiger partial charge in [0.1, 0.15) is 6.54 Å². The Bertz CT molecular complexity index is 1010. The molecule has 1 saturated heterocycles. The predicted molar refractivity (Wildman–Crippen MR) is 112 cm³/mol. The summed E-state index contributed by atoms with van der Waals surface area (Å²) in [6.07, 6.45) is 4.85. The molecule has 0 radical (unpaired) electrons. The molecule has 1 aliphatic carbocycles. The van der Waals surface area contributed by atoms with Crippen molar-refractivity contribution in [2.75, 3.05) is 17.2 Å². The largest absolute Gasteiger partial charge is 0.324 e. The highest BCUT2D eigenvalue weighted by atomic mass is 16.2. The van der Waals surface area contributed by atoms with Crippen LogP contribution in [0.2, 0.25) is 0 Å². The number of allylic oxidation sites excluding steroid dienone is 2. The Morgan fingerprint density at radius 1 is 0.833 bits per heavy atom. The summed E-state index contributed by atoms with van der Waals surface area (Å²) in [5.41, 5.74) is 1.23. The average molecular weight is 403 g/mol. The van der Waals surface area contributed by atoms with Crippen molar-refractivity contribution in [1.82, 2.24) is 4.90 Å². The molecule has 0 aromatic heterocycles. The molecule has 1 fully saturated rings. The van der Waals surface area contributed by atoms with E-state index < -0.39 is 5.91 Å². The topological polar surface area (TPSA) is 95.6 Å². The summed E-state index contributed by atoms with van der Waals surface area (Å²) in [7, 11) is 0. The molecule has 30 heavy (non-hydrogen) atoms. The van der Waals surface area contributed by atoms with E-state index in [1.165, 1.54) is 0 Å². The van der Waals surface area contributed by atoms with Crippen LogP contribution in [0.4, 0.5) is 11.4 Å². The number of benzene rings is 2. The van der Waals surface area contributed by atoms with Gasteiger partial charge < -0.3 is 10.6 Å². The van der Waals surface area contributed by atoms with Gasteiger partial charge in [-0.05, 0) is 37.1 Å². The third-order valence-corrected chi connectivity index (χ3v) is 5.38. The van der Waals surface area contributed by atoms with Gasteiger partial charge in [0.15, 0.2) is 0 Å². The number of nitrogens with one attached hydrogen (secondary N) is 2. The first-order valence-electron chi connectivity index (χ1n) is 9.80. The lowest BCUT2D eigenvalue weighted by atomic mass is 9.85. The van der Waals surface area contributed by atoms with Crippen LogP contribution < -0.4 is 10.6 Å². The van der Waals surface area contributed by atoms with Gasteiger partial charge in [0.2, 0.25) is 17.7 Å². The number of imide groups is 1. The maximum absolute atomic E-state index is 12.6. The molecule has 2 aromatic rings. The molecule has 7 heteroatoms. The molecular weight excluding hydrogens is 382 g/mol. The van der Waals surface area contributed by atoms with Gasteiger partial charge in [0.25, 0.3) is 5.91 Å². The van der Waals surface area contributed by atoms with E-state index in [1.807, 2.05) is 18.2 Å².